The molecular formula is C5H11Cl3O. The monoisotopic (exact) mass is 192 g/mol. The molecule has 0 spiro atoms. The van der Waals surface area contributed by atoms with Crippen molar-refractivity contribution in [3.05, 3.63) is 0 Å². The van der Waals surface area contributed by atoms with E-state index in [1.165, 1.54) is 6.92 Å². The normalized spacial score (nSPS) is 10.0. The molecule has 1 N–H and O–H groups in total. The Bertz CT molecular complexity index is 42.7. The van der Waals surface area contributed by atoms with Crippen LogP contribution in [0.5, 0.6) is 0 Å². The van der Waals surface area contributed by atoms with Crippen LogP contribution in [0, 0.1) is 0 Å². The van der Waals surface area contributed by atoms with Crippen LogP contribution in [0.25, 0.3) is 0 Å². The van der Waals surface area contributed by atoms with Crippen LogP contribution in [0.4, 0.5) is 0 Å². The summed E-state index contributed by atoms with van der Waals surface area (Å²) in [6, 6.07) is 0. The molecule has 58 valence electrons. The van der Waals surface area contributed by atoms with Gasteiger partial charge >= 0.3 is 0 Å². The maximum absolute atomic E-state index is 7.88. The third-order valence-electron chi connectivity index (χ3n) is 0.224. The van der Waals surface area contributed by atoms with Crippen molar-refractivity contribution in [1.82, 2.24) is 0 Å². The lowest BCUT2D eigenvalue weighted by atomic mass is 10.5. The Kier molecular flexibility index (Phi) is 9.64. The van der Waals surface area contributed by atoms with Gasteiger partial charge in [0.05, 0.1) is 0 Å². The molecule has 0 aromatic carbocycles. The standard InChI is InChI=1S/C3H8O.C2H3Cl3/c1-2-3-4;1-2(3,4)5/h4H,2-3H2,1H3;1H3. The van der Waals surface area contributed by atoms with Gasteiger partial charge in [0, 0.05) is 6.61 Å². The van der Waals surface area contributed by atoms with Crippen LogP contribution < -0.4 is 0 Å². The molecule has 9 heavy (non-hydrogen) atoms. The molecule has 4 heteroatoms. The quantitative estimate of drug-likeness (QED) is 0.635. The van der Waals surface area contributed by atoms with Crippen molar-refractivity contribution in [2.45, 2.75) is 24.1 Å². The lowest BCUT2D eigenvalue weighted by Crippen LogP contribution is -1.87. The van der Waals surface area contributed by atoms with E-state index in [2.05, 4.69) is 0 Å². The molecule has 0 rings (SSSR count). The summed E-state index contributed by atoms with van der Waals surface area (Å²) in [5.41, 5.74) is 0. The highest BCUT2D eigenvalue weighted by atomic mass is 35.6. The van der Waals surface area contributed by atoms with E-state index in [1.54, 1.807) is 0 Å². The van der Waals surface area contributed by atoms with Crippen LogP contribution in [-0.2, 0) is 0 Å². The predicted octanol–water partition coefficient (Wildman–Crippen LogP) is 2.77. The first kappa shape index (κ1) is 12.5. The van der Waals surface area contributed by atoms with E-state index in [1.807, 2.05) is 6.92 Å². The zero-order valence-corrected chi connectivity index (χ0v) is 7.76. The number of rotatable bonds is 1. The van der Waals surface area contributed by atoms with Gasteiger partial charge < -0.3 is 5.11 Å². The van der Waals surface area contributed by atoms with Crippen molar-refractivity contribution >= 4 is 34.8 Å². The molecule has 1 nitrogen and oxygen atoms in total. The van der Waals surface area contributed by atoms with Crippen LogP contribution in [-0.4, -0.2) is 15.5 Å². The number of halogens is 3. The van der Waals surface area contributed by atoms with Gasteiger partial charge in [-0.15, -0.1) is 0 Å². The molecule has 0 unspecified atom stereocenters. The fourth-order valence-electron chi connectivity index (χ4n) is 0. The highest BCUT2D eigenvalue weighted by molar-refractivity contribution is 6.67. The average Bonchev–Trinajstić information content (AvgIpc) is 1.61. The average molecular weight is 194 g/mol. The van der Waals surface area contributed by atoms with Crippen molar-refractivity contribution in [3.8, 4) is 0 Å². The highest BCUT2D eigenvalue weighted by Crippen LogP contribution is 2.23. The first-order valence-corrected chi connectivity index (χ1v) is 3.72. The van der Waals surface area contributed by atoms with Gasteiger partial charge in [-0.25, -0.2) is 0 Å². The van der Waals surface area contributed by atoms with Gasteiger partial charge in [-0.1, -0.05) is 41.7 Å². The van der Waals surface area contributed by atoms with E-state index in [0.29, 0.717) is 6.61 Å². The summed E-state index contributed by atoms with van der Waals surface area (Å²) < 4.78 is -1.08. The van der Waals surface area contributed by atoms with Crippen LogP contribution in [0.3, 0.4) is 0 Å². The molecule has 0 aliphatic carbocycles. The lowest BCUT2D eigenvalue weighted by molar-refractivity contribution is 0.295. The summed E-state index contributed by atoms with van der Waals surface area (Å²) >= 11 is 15.2. The van der Waals surface area contributed by atoms with E-state index >= 15 is 0 Å². The molecule has 0 fully saturated rings. The smallest absolute Gasteiger partial charge is 0.187 e. The van der Waals surface area contributed by atoms with E-state index in [4.69, 9.17) is 39.9 Å². The number of aliphatic hydroxyl groups is 1. The Morgan fingerprint density at radius 3 is 1.44 bits per heavy atom. The molecule has 0 radical (unpaired) electrons. The first-order valence-electron chi connectivity index (χ1n) is 2.59. The van der Waals surface area contributed by atoms with Crippen LogP contribution in [0.1, 0.15) is 20.3 Å². The minimum absolute atomic E-state index is 0.319. The largest absolute Gasteiger partial charge is 0.396 e. The Balaban J connectivity index is 0. The van der Waals surface area contributed by atoms with Crippen LogP contribution >= 0.6 is 34.8 Å². The molecule has 0 aromatic rings. The van der Waals surface area contributed by atoms with Gasteiger partial charge in [-0.3, -0.25) is 0 Å². The molecule has 0 bridgehead atoms. The summed E-state index contributed by atoms with van der Waals surface area (Å²) in [6.07, 6.45) is 0.875. The summed E-state index contributed by atoms with van der Waals surface area (Å²) in [7, 11) is 0. The van der Waals surface area contributed by atoms with Crippen molar-refractivity contribution in [2.75, 3.05) is 6.61 Å². The van der Waals surface area contributed by atoms with Crippen molar-refractivity contribution < 1.29 is 5.11 Å². The fraction of sp³-hybridized carbons (Fsp3) is 1.00. The minimum atomic E-state index is -1.08. The van der Waals surface area contributed by atoms with Gasteiger partial charge in [0.2, 0.25) is 0 Å². The van der Waals surface area contributed by atoms with Crippen molar-refractivity contribution in [1.29, 1.82) is 0 Å². The number of hydrogen-bond acceptors (Lipinski definition) is 1. The Morgan fingerprint density at radius 2 is 1.44 bits per heavy atom. The van der Waals surface area contributed by atoms with E-state index in [0.717, 1.165) is 6.42 Å². The first-order chi connectivity index (χ1) is 3.91. The third-order valence-corrected chi connectivity index (χ3v) is 0.224. The molecule has 0 atom stereocenters. The lowest BCUT2D eigenvalue weighted by Gasteiger charge is -1.94. The molecule has 0 saturated heterocycles. The zero-order chi connectivity index (χ0) is 7.91. The highest BCUT2D eigenvalue weighted by Gasteiger charge is 2.07. The van der Waals surface area contributed by atoms with Crippen LogP contribution in [0.2, 0.25) is 0 Å². The summed E-state index contributed by atoms with van der Waals surface area (Å²) in [4.78, 5) is 0. The number of alkyl halides is 3. The number of hydrogen-bond donors (Lipinski definition) is 1. The second-order valence-electron chi connectivity index (χ2n) is 1.50. The SMILES string of the molecule is CC(Cl)(Cl)Cl.CCCO. The maximum Gasteiger partial charge on any atom is 0.187 e. The minimum Gasteiger partial charge on any atom is -0.396 e. The molecule has 0 aliphatic heterocycles. The third kappa shape index (κ3) is 123. The Labute approximate surface area is 70.9 Å². The maximum atomic E-state index is 7.88. The molecule has 0 saturated carbocycles. The van der Waals surface area contributed by atoms with Crippen molar-refractivity contribution in [2.24, 2.45) is 0 Å². The van der Waals surface area contributed by atoms with Gasteiger partial charge in [-0.2, -0.15) is 0 Å². The summed E-state index contributed by atoms with van der Waals surface area (Å²) in [6.45, 7) is 3.73. The second-order valence-corrected chi connectivity index (χ2v) is 4.35. The van der Waals surface area contributed by atoms with E-state index < -0.39 is 3.79 Å². The molecule has 0 heterocycles. The topological polar surface area (TPSA) is 20.2 Å². The zero-order valence-electron chi connectivity index (χ0n) is 5.50. The van der Waals surface area contributed by atoms with Gasteiger partial charge in [-0.05, 0) is 13.3 Å². The Morgan fingerprint density at radius 1 is 1.33 bits per heavy atom. The van der Waals surface area contributed by atoms with Gasteiger partial charge in [0.1, 0.15) is 0 Å². The van der Waals surface area contributed by atoms with Crippen LogP contribution in [0.15, 0.2) is 0 Å². The van der Waals surface area contributed by atoms with E-state index in [-0.39, 0.29) is 0 Å². The summed E-state index contributed by atoms with van der Waals surface area (Å²) in [5, 5.41) is 7.88. The molecular weight excluding hydrogens is 182 g/mol. The predicted molar refractivity (Wildman–Crippen MR) is 43.3 cm³/mol. The van der Waals surface area contributed by atoms with E-state index in [9.17, 15) is 0 Å². The molecule has 0 aliphatic rings. The van der Waals surface area contributed by atoms with Gasteiger partial charge in [0.15, 0.2) is 3.79 Å². The molecule has 0 amide bonds. The number of aliphatic hydroxyl groups excluding tert-OH is 1. The summed E-state index contributed by atoms with van der Waals surface area (Å²) in [5.74, 6) is 0. The fourth-order valence-corrected chi connectivity index (χ4v) is 0. The second kappa shape index (κ2) is 6.94. The van der Waals surface area contributed by atoms with Crippen molar-refractivity contribution in [3.63, 3.8) is 0 Å². The van der Waals surface area contributed by atoms with Gasteiger partial charge in [0.25, 0.3) is 0 Å². The Hall–Kier alpha value is 0.830. The molecule has 0 aromatic heterocycles.